The van der Waals surface area contributed by atoms with Crippen molar-refractivity contribution in [2.45, 2.75) is 26.7 Å². The van der Waals surface area contributed by atoms with Gasteiger partial charge < -0.3 is 10.5 Å². The lowest BCUT2D eigenvalue weighted by Crippen LogP contribution is -2.36. The average Bonchev–Trinajstić information content (AvgIpc) is 2.51. The Labute approximate surface area is 127 Å². The first-order valence-electron chi connectivity index (χ1n) is 7.57. The average molecular weight is 290 g/mol. The third-order valence-electron chi connectivity index (χ3n) is 3.28. The second kappa shape index (κ2) is 9.19. The van der Waals surface area contributed by atoms with Gasteiger partial charge in [-0.1, -0.05) is 26.5 Å². The minimum absolute atomic E-state index is 0.364. The predicted octanol–water partition coefficient (Wildman–Crippen LogP) is 2.98. The lowest BCUT2D eigenvalue weighted by atomic mass is 10.1. The number of Topliss-reactive ketones (excluding diaryl/α,β-unsaturated/α-hetero) is 1. The molecule has 4 heteroatoms. The van der Waals surface area contributed by atoms with Gasteiger partial charge in [-0.2, -0.15) is 0 Å². The molecule has 1 saturated heterocycles. The zero-order chi connectivity index (χ0) is 15.7. The van der Waals surface area contributed by atoms with Gasteiger partial charge in [-0.3, -0.25) is 9.69 Å². The van der Waals surface area contributed by atoms with E-state index in [4.69, 9.17) is 10.5 Å². The number of nitrogens with two attached hydrogens (primary N) is 1. The van der Waals surface area contributed by atoms with Crippen molar-refractivity contribution in [3.8, 4) is 5.75 Å². The summed E-state index contributed by atoms with van der Waals surface area (Å²) in [6.45, 7) is 10.9. The summed E-state index contributed by atoms with van der Waals surface area (Å²) in [4.78, 5) is 13.4. The molecule has 0 unspecified atom stereocenters. The van der Waals surface area contributed by atoms with Gasteiger partial charge >= 0.3 is 0 Å². The first-order chi connectivity index (χ1) is 10.2. The van der Waals surface area contributed by atoms with Crippen LogP contribution in [0.4, 0.5) is 5.69 Å². The Bertz CT molecular complexity index is 462. The molecule has 1 aliphatic heterocycles. The van der Waals surface area contributed by atoms with E-state index >= 15 is 0 Å². The van der Waals surface area contributed by atoms with Gasteiger partial charge in [0.05, 0.1) is 0 Å². The zero-order valence-electron chi connectivity index (χ0n) is 13.1. The van der Waals surface area contributed by atoms with Crippen LogP contribution >= 0.6 is 0 Å². The molecule has 0 amide bonds. The number of likely N-dealkylation sites (tertiary alicyclic amines) is 1. The minimum atomic E-state index is 0.364. The van der Waals surface area contributed by atoms with E-state index in [1.807, 2.05) is 32.0 Å². The SMILES string of the molecule is C=Cc1cc(N)cc(OCCN2CCC(=O)CC2)c1.CC. The van der Waals surface area contributed by atoms with Crippen LogP contribution in [0.1, 0.15) is 32.3 Å². The molecule has 0 atom stereocenters. The van der Waals surface area contributed by atoms with Crippen molar-refractivity contribution in [2.75, 3.05) is 32.0 Å². The van der Waals surface area contributed by atoms with Crippen molar-refractivity contribution in [1.29, 1.82) is 0 Å². The Morgan fingerprint density at radius 1 is 1.29 bits per heavy atom. The number of nitrogens with zero attached hydrogens (tertiary/aromatic N) is 1. The first-order valence-corrected chi connectivity index (χ1v) is 7.57. The molecule has 0 spiro atoms. The van der Waals surface area contributed by atoms with Crippen LogP contribution in [0.25, 0.3) is 6.08 Å². The summed E-state index contributed by atoms with van der Waals surface area (Å²) in [6, 6.07) is 5.59. The molecule has 0 radical (unpaired) electrons. The van der Waals surface area contributed by atoms with Crippen molar-refractivity contribution in [3.05, 3.63) is 30.3 Å². The Kier molecular flexibility index (Phi) is 7.54. The molecule has 1 fully saturated rings. The van der Waals surface area contributed by atoms with Gasteiger partial charge in [0.15, 0.2) is 0 Å². The van der Waals surface area contributed by atoms with Crippen molar-refractivity contribution >= 4 is 17.5 Å². The number of ether oxygens (including phenoxy) is 1. The highest BCUT2D eigenvalue weighted by Gasteiger charge is 2.15. The van der Waals surface area contributed by atoms with E-state index < -0.39 is 0 Å². The van der Waals surface area contributed by atoms with Gasteiger partial charge in [-0.25, -0.2) is 0 Å². The van der Waals surface area contributed by atoms with E-state index in [1.165, 1.54) is 0 Å². The Morgan fingerprint density at radius 2 is 1.95 bits per heavy atom. The molecule has 0 bridgehead atoms. The fourth-order valence-electron chi connectivity index (χ4n) is 2.17. The molecule has 2 N–H and O–H groups in total. The van der Waals surface area contributed by atoms with E-state index in [-0.39, 0.29) is 0 Å². The van der Waals surface area contributed by atoms with Crippen LogP contribution in [0.15, 0.2) is 24.8 Å². The number of rotatable bonds is 5. The van der Waals surface area contributed by atoms with Crippen molar-refractivity contribution in [3.63, 3.8) is 0 Å². The van der Waals surface area contributed by atoms with Crippen LogP contribution in [-0.2, 0) is 4.79 Å². The highest BCUT2D eigenvalue weighted by Crippen LogP contribution is 2.19. The number of hydrogen-bond donors (Lipinski definition) is 1. The molecule has 2 rings (SSSR count). The number of nitrogen functional groups attached to an aromatic ring is 1. The van der Waals surface area contributed by atoms with Crippen molar-refractivity contribution in [1.82, 2.24) is 4.90 Å². The van der Waals surface area contributed by atoms with E-state index in [1.54, 1.807) is 6.08 Å². The van der Waals surface area contributed by atoms with Crippen LogP contribution in [-0.4, -0.2) is 36.9 Å². The van der Waals surface area contributed by atoms with E-state index in [2.05, 4.69) is 11.5 Å². The molecule has 0 saturated carbocycles. The molecular weight excluding hydrogens is 264 g/mol. The topological polar surface area (TPSA) is 55.6 Å². The highest BCUT2D eigenvalue weighted by molar-refractivity contribution is 5.79. The summed E-state index contributed by atoms with van der Waals surface area (Å²) in [5.41, 5.74) is 7.42. The molecule has 1 aromatic rings. The van der Waals surface area contributed by atoms with Crippen LogP contribution in [0.2, 0.25) is 0 Å². The number of piperidine rings is 1. The molecule has 4 nitrogen and oxygen atoms in total. The van der Waals surface area contributed by atoms with E-state index in [9.17, 15) is 4.79 Å². The molecule has 21 heavy (non-hydrogen) atoms. The smallest absolute Gasteiger partial charge is 0.135 e. The lowest BCUT2D eigenvalue weighted by molar-refractivity contribution is -0.121. The summed E-state index contributed by atoms with van der Waals surface area (Å²) in [5, 5.41) is 0. The van der Waals surface area contributed by atoms with Crippen LogP contribution < -0.4 is 10.5 Å². The molecule has 1 heterocycles. The fourth-order valence-corrected chi connectivity index (χ4v) is 2.17. The second-order valence-corrected chi connectivity index (χ2v) is 4.77. The highest BCUT2D eigenvalue weighted by atomic mass is 16.5. The lowest BCUT2D eigenvalue weighted by Gasteiger charge is -2.25. The van der Waals surface area contributed by atoms with Gasteiger partial charge in [0.1, 0.15) is 18.1 Å². The van der Waals surface area contributed by atoms with E-state index in [0.717, 1.165) is 30.9 Å². The first kappa shape index (κ1) is 17.2. The van der Waals surface area contributed by atoms with Crippen LogP contribution in [0, 0.1) is 0 Å². The Morgan fingerprint density at radius 3 is 2.57 bits per heavy atom. The minimum Gasteiger partial charge on any atom is -0.492 e. The number of anilines is 1. The van der Waals surface area contributed by atoms with Crippen LogP contribution in [0.3, 0.4) is 0 Å². The third kappa shape index (κ3) is 6.00. The Balaban J connectivity index is 0.00000106. The molecule has 116 valence electrons. The summed E-state index contributed by atoms with van der Waals surface area (Å²) >= 11 is 0. The van der Waals surface area contributed by atoms with Gasteiger partial charge in [0.2, 0.25) is 0 Å². The normalized spacial score (nSPS) is 15.0. The van der Waals surface area contributed by atoms with Crippen molar-refractivity contribution in [2.24, 2.45) is 0 Å². The summed E-state index contributed by atoms with van der Waals surface area (Å²) in [5.74, 6) is 1.13. The van der Waals surface area contributed by atoms with Gasteiger partial charge in [-0.05, 0) is 17.7 Å². The summed E-state index contributed by atoms with van der Waals surface area (Å²) in [7, 11) is 0. The van der Waals surface area contributed by atoms with Gasteiger partial charge in [-0.15, -0.1) is 0 Å². The fraction of sp³-hybridized carbons (Fsp3) is 0.471. The summed E-state index contributed by atoms with van der Waals surface area (Å²) in [6.07, 6.45) is 3.08. The molecule has 0 aromatic heterocycles. The predicted molar refractivity (Wildman–Crippen MR) is 88.5 cm³/mol. The molecular formula is C17H26N2O2. The largest absolute Gasteiger partial charge is 0.492 e. The number of benzene rings is 1. The number of carbonyl (C=O) groups is 1. The van der Waals surface area contributed by atoms with Gasteiger partial charge in [0, 0.05) is 44.2 Å². The van der Waals surface area contributed by atoms with E-state index in [0.29, 0.717) is 30.9 Å². The number of carbonyl (C=O) groups excluding carboxylic acids is 1. The van der Waals surface area contributed by atoms with Crippen LogP contribution in [0.5, 0.6) is 5.75 Å². The Hall–Kier alpha value is -1.81. The van der Waals surface area contributed by atoms with Crippen molar-refractivity contribution < 1.29 is 9.53 Å². The maximum Gasteiger partial charge on any atom is 0.135 e. The number of hydrogen-bond acceptors (Lipinski definition) is 4. The third-order valence-corrected chi connectivity index (χ3v) is 3.28. The molecule has 0 aliphatic carbocycles. The second-order valence-electron chi connectivity index (χ2n) is 4.77. The molecule has 1 aliphatic rings. The zero-order valence-corrected chi connectivity index (χ0v) is 13.1. The summed E-state index contributed by atoms with van der Waals surface area (Å²) < 4.78 is 5.70. The molecule has 1 aromatic carbocycles. The monoisotopic (exact) mass is 290 g/mol. The maximum atomic E-state index is 11.1. The van der Waals surface area contributed by atoms with Gasteiger partial charge in [0.25, 0.3) is 0 Å². The standard InChI is InChI=1S/C15H20N2O2.C2H6/c1-2-12-9-13(16)11-15(10-12)19-8-7-17-5-3-14(18)4-6-17;1-2/h2,9-11H,1,3-8,16H2;1-2H3. The number of ketones is 1. The maximum absolute atomic E-state index is 11.1. The quantitative estimate of drug-likeness (QED) is 0.847.